The monoisotopic (exact) mass is 403 g/mol. The van der Waals surface area contributed by atoms with Gasteiger partial charge in [0, 0.05) is 23.8 Å². The van der Waals surface area contributed by atoms with Gasteiger partial charge in [0.2, 0.25) is 11.1 Å². The number of thioether (sulfide) groups is 1. The zero-order valence-corrected chi connectivity index (χ0v) is 17.1. The number of rotatable bonds is 8. The van der Waals surface area contributed by atoms with Crippen LogP contribution in [0.1, 0.15) is 44.0 Å². The number of hydrogen-bond acceptors (Lipinski definition) is 7. The summed E-state index contributed by atoms with van der Waals surface area (Å²) >= 11 is 1.33. The number of tetrazole rings is 1. The predicted molar refractivity (Wildman–Crippen MR) is 106 cm³/mol. The number of ether oxygens (including phenoxy) is 1. The van der Waals surface area contributed by atoms with E-state index in [1.165, 1.54) is 11.8 Å². The lowest BCUT2D eigenvalue weighted by molar-refractivity contribution is -0.118. The van der Waals surface area contributed by atoms with E-state index in [1.54, 1.807) is 28.9 Å². The van der Waals surface area contributed by atoms with Gasteiger partial charge in [0.1, 0.15) is 0 Å². The summed E-state index contributed by atoms with van der Waals surface area (Å²) in [5.74, 6) is -0.169. The van der Waals surface area contributed by atoms with E-state index in [4.69, 9.17) is 4.74 Å². The second-order valence-electron chi connectivity index (χ2n) is 7.12. The summed E-state index contributed by atoms with van der Waals surface area (Å²) in [5, 5.41) is 14.9. The Morgan fingerprint density at radius 1 is 1.29 bits per heavy atom. The van der Waals surface area contributed by atoms with Crippen molar-refractivity contribution in [3.05, 3.63) is 29.8 Å². The fraction of sp³-hybridized carbons (Fsp3) is 0.526. The second kappa shape index (κ2) is 9.29. The Morgan fingerprint density at radius 3 is 2.68 bits per heavy atom. The number of amides is 1. The number of anilines is 1. The molecule has 8 nitrogen and oxygen atoms in total. The van der Waals surface area contributed by atoms with Gasteiger partial charge in [0.25, 0.3) is 0 Å². The van der Waals surface area contributed by atoms with E-state index >= 15 is 0 Å². The molecular formula is C19H25N5O3S. The molecule has 0 bridgehead atoms. The van der Waals surface area contributed by atoms with Gasteiger partial charge in [-0.05, 0) is 54.5 Å². The van der Waals surface area contributed by atoms with Crippen molar-refractivity contribution in [1.82, 2.24) is 20.2 Å². The van der Waals surface area contributed by atoms with Gasteiger partial charge in [-0.2, -0.15) is 0 Å². The topological polar surface area (TPSA) is 99.0 Å². The summed E-state index contributed by atoms with van der Waals surface area (Å²) in [6.45, 7) is 6.88. The average Bonchev–Trinajstić information content (AvgIpc) is 3.34. The van der Waals surface area contributed by atoms with Crippen LogP contribution in [0.3, 0.4) is 0 Å². The lowest BCUT2D eigenvalue weighted by atomic mass is 10.1. The quantitative estimate of drug-likeness (QED) is 0.534. The van der Waals surface area contributed by atoms with Crippen molar-refractivity contribution < 1.29 is 14.3 Å². The number of ketones is 1. The number of carbonyl (C=O) groups is 2. The summed E-state index contributed by atoms with van der Waals surface area (Å²) in [6, 6.07) is 6.94. The molecule has 0 radical (unpaired) electrons. The number of carbonyl (C=O) groups excluding carboxylic acids is 2. The Labute approximate surface area is 168 Å². The number of nitrogens with zero attached hydrogens (tertiary/aromatic N) is 4. The molecule has 1 N–H and O–H groups in total. The van der Waals surface area contributed by atoms with Gasteiger partial charge in [0.05, 0.1) is 17.9 Å². The van der Waals surface area contributed by atoms with Gasteiger partial charge < -0.3 is 10.1 Å². The lowest BCUT2D eigenvalue weighted by Gasteiger charge is -2.13. The maximum absolute atomic E-state index is 12.8. The molecule has 0 saturated carbocycles. The molecular weight excluding hydrogens is 378 g/mol. The Balaban J connectivity index is 1.60. The average molecular weight is 404 g/mol. The number of aromatic nitrogens is 4. The van der Waals surface area contributed by atoms with E-state index in [-0.39, 0.29) is 29.0 Å². The molecule has 1 aromatic heterocycles. The van der Waals surface area contributed by atoms with E-state index in [0.29, 0.717) is 23.0 Å². The number of Topliss-reactive ketones (excluding diaryl/α,β-unsaturated/α-hetero) is 1. The van der Waals surface area contributed by atoms with Gasteiger partial charge in [0.15, 0.2) is 5.78 Å². The highest BCUT2D eigenvalue weighted by atomic mass is 32.2. The van der Waals surface area contributed by atoms with Gasteiger partial charge >= 0.3 is 0 Å². The van der Waals surface area contributed by atoms with Crippen molar-refractivity contribution in [1.29, 1.82) is 0 Å². The third-order valence-electron chi connectivity index (χ3n) is 4.51. The van der Waals surface area contributed by atoms with Crippen molar-refractivity contribution in [3.63, 3.8) is 0 Å². The van der Waals surface area contributed by atoms with E-state index in [0.717, 1.165) is 19.4 Å². The van der Waals surface area contributed by atoms with Crippen LogP contribution in [0.4, 0.5) is 5.69 Å². The molecule has 1 saturated heterocycles. The molecule has 2 aromatic rings. The zero-order valence-electron chi connectivity index (χ0n) is 16.3. The minimum absolute atomic E-state index is 0.0154. The zero-order chi connectivity index (χ0) is 20.1. The second-order valence-corrected chi connectivity index (χ2v) is 8.43. The van der Waals surface area contributed by atoms with E-state index in [9.17, 15) is 9.59 Å². The fourth-order valence-corrected chi connectivity index (χ4v) is 3.70. The Morgan fingerprint density at radius 2 is 2.04 bits per heavy atom. The van der Waals surface area contributed by atoms with Crippen molar-refractivity contribution in [3.8, 4) is 0 Å². The Bertz CT molecular complexity index is 815. The van der Waals surface area contributed by atoms with Gasteiger partial charge in [-0.3, -0.25) is 9.59 Å². The van der Waals surface area contributed by atoms with Crippen LogP contribution in [0.5, 0.6) is 0 Å². The van der Waals surface area contributed by atoms with Crippen LogP contribution in [0.2, 0.25) is 0 Å². The van der Waals surface area contributed by atoms with Gasteiger partial charge in [-0.1, -0.05) is 25.6 Å². The van der Waals surface area contributed by atoms with Crippen LogP contribution in [-0.4, -0.2) is 49.9 Å². The Hall–Kier alpha value is -2.26. The molecule has 2 heterocycles. The predicted octanol–water partition coefficient (Wildman–Crippen LogP) is 2.81. The third kappa shape index (κ3) is 5.17. The molecule has 1 fully saturated rings. The highest BCUT2D eigenvalue weighted by Gasteiger charge is 2.23. The summed E-state index contributed by atoms with van der Waals surface area (Å²) in [5.41, 5.74) is 1.26. The molecule has 1 aliphatic heterocycles. The maximum atomic E-state index is 12.8. The highest BCUT2D eigenvalue weighted by Crippen LogP contribution is 2.25. The van der Waals surface area contributed by atoms with Crippen LogP contribution < -0.4 is 5.32 Å². The van der Waals surface area contributed by atoms with Crippen LogP contribution in [0.15, 0.2) is 29.4 Å². The summed E-state index contributed by atoms with van der Waals surface area (Å²) < 4.78 is 7.34. The normalized spacial score (nSPS) is 17.6. The molecule has 2 unspecified atom stereocenters. The SMILES string of the molecule is CC(C)C(=O)Nc1ccc(C(=O)C(C)Sc2nnnn2CC2CCCO2)cc1. The molecule has 1 aromatic carbocycles. The van der Waals surface area contributed by atoms with Crippen molar-refractivity contribution >= 4 is 29.1 Å². The van der Waals surface area contributed by atoms with Crippen molar-refractivity contribution in [2.45, 2.75) is 56.7 Å². The summed E-state index contributed by atoms with van der Waals surface area (Å²) in [7, 11) is 0. The third-order valence-corrected chi connectivity index (χ3v) is 5.58. The minimum Gasteiger partial charge on any atom is -0.376 e. The molecule has 3 rings (SSSR count). The number of benzene rings is 1. The van der Waals surface area contributed by atoms with Crippen LogP contribution in [0, 0.1) is 5.92 Å². The lowest BCUT2D eigenvalue weighted by Crippen LogP contribution is -2.19. The molecule has 9 heteroatoms. The van der Waals surface area contributed by atoms with E-state index in [2.05, 4.69) is 20.8 Å². The molecule has 0 spiro atoms. The molecule has 1 aliphatic rings. The highest BCUT2D eigenvalue weighted by molar-refractivity contribution is 8.00. The molecule has 28 heavy (non-hydrogen) atoms. The first-order valence-electron chi connectivity index (χ1n) is 9.43. The molecule has 2 atom stereocenters. The summed E-state index contributed by atoms with van der Waals surface area (Å²) in [6.07, 6.45) is 2.18. The first-order valence-corrected chi connectivity index (χ1v) is 10.3. The van der Waals surface area contributed by atoms with E-state index < -0.39 is 0 Å². The van der Waals surface area contributed by atoms with Crippen LogP contribution in [-0.2, 0) is 16.1 Å². The number of hydrogen-bond donors (Lipinski definition) is 1. The molecule has 0 aliphatic carbocycles. The largest absolute Gasteiger partial charge is 0.376 e. The first kappa shape index (κ1) is 20.5. The summed E-state index contributed by atoms with van der Waals surface area (Å²) in [4.78, 5) is 24.5. The molecule has 1 amide bonds. The maximum Gasteiger partial charge on any atom is 0.226 e. The standard InChI is InChI=1S/C19H25N5O3S/c1-12(2)18(26)20-15-8-6-14(7-9-15)17(25)13(3)28-19-21-22-23-24(19)11-16-5-4-10-27-16/h6-9,12-13,16H,4-5,10-11H2,1-3H3,(H,20,26). The fourth-order valence-electron chi connectivity index (χ4n) is 2.83. The minimum atomic E-state index is -0.342. The smallest absolute Gasteiger partial charge is 0.226 e. The number of nitrogens with one attached hydrogen (secondary N) is 1. The van der Waals surface area contributed by atoms with Gasteiger partial charge in [-0.15, -0.1) is 5.10 Å². The van der Waals surface area contributed by atoms with Crippen molar-refractivity contribution in [2.75, 3.05) is 11.9 Å². The van der Waals surface area contributed by atoms with Crippen LogP contribution in [0.25, 0.3) is 0 Å². The van der Waals surface area contributed by atoms with E-state index in [1.807, 2.05) is 20.8 Å². The molecule has 150 valence electrons. The van der Waals surface area contributed by atoms with Gasteiger partial charge in [-0.25, -0.2) is 4.68 Å². The Kier molecular flexibility index (Phi) is 6.79. The van der Waals surface area contributed by atoms with Crippen LogP contribution >= 0.6 is 11.8 Å². The van der Waals surface area contributed by atoms with Crippen molar-refractivity contribution in [2.24, 2.45) is 5.92 Å². The first-order chi connectivity index (χ1) is 13.4.